The monoisotopic (exact) mass is 344 g/mol. The Labute approximate surface area is 146 Å². The van der Waals surface area contributed by atoms with Gasteiger partial charge in [0.15, 0.2) is 17.9 Å². The number of carbonyl (C=O) groups excluding carboxylic acids is 1. The molecule has 0 unspecified atom stereocenters. The van der Waals surface area contributed by atoms with Crippen LogP contribution in [0.25, 0.3) is 11.6 Å². The van der Waals surface area contributed by atoms with Crippen molar-refractivity contribution in [3.63, 3.8) is 0 Å². The largest absolute Gasteiger partial charge is 0.508 e. The van der Waals surface area contributed by atoms with Gasteiger partial charge in [-0.05, 0) is 30.7 Å². The van der Waals surface area contributed by atoms with Crippen LogP contribution in [-0.2, 0) is 4.79 Å². The van der Waals surface area contributed by atoms with Crippen LogP contribution in [0.3, 0.4) is 0 Å². The van der Waals surface area contributed by atoms with Crippen molar-refractivity contribution >= 4 is 17.9 Å². The summed E-state index contributed by atoms with van der Waals surface area (Å²) in [5.74, 6) is -0.0275. The molecular formula is C20H21FO4. The Hall–Kier alpha value is -2.82. The van der Waals surface area contributed by atoms with Crippen molar-refractivity contribution in [1.82, 2.24) is 0 Å². The summed E-state index contributed by atoms with van der Waals surface area (Å²) in [6, 6.07) is 9.20. The summed E-state index contributed by atoms with van der Waals surface area (Å²) >= 11 is 0. The number of halogens is 1. The van der Waals surface area contributed by atoms with Gasteiger partial charge in [0.05, 0.1) is 13.7 Å². The zero-order valence-electron chi connectivity index (χ0n) is 14.3. The third-order valence-electron chi connectivity index (χ3n) is 3.68. The first kappa shape index (κ1) is 18.5. The van der Waals surface area contributed by atoms with E-state index in [1.54, 1.807) is 12.1 Å². The Morgan fingerprint density at radius 2 is 2.04 bits per heavy atom. The normalized spacial score (nSPS) is 11.2. The number of phenols is 1. The molecule has 25 heavy (non-hydrogen) atoms. The highest BCUT2D eigenvalue weighted by atomic mass is 19.1. The minimum atomic E-state index is -0.574. The molecule has 132 valence electrons. The van der Waals surface area contributed by atoms with Crippen LogP contribution in [-0.4, -0.2) is 25.1 Å². The molecule has 0 aliphatic heterocycles. The Balaban J connectivity index is 2.41. The van der Waals surface area contributed by atoms with Crippen LogP contribution in [0.1, 0.15) is 30.9 Å². The van der Waals surface area contributed by atoms with Crippen molar-refractivity contribution in [3.8, 4) is 17.2 Å². The number of rotatable bonds is 8. The van der Waals surface area contributed by atoms with E-state index < -0.39 is 5.82 Å². The van der Waals surface area contributed by atoms with Gasteiger partial charge >= 0.3 is 0 Å². The highest BCUT2D eigenvalue weighted by Gasteiger charge is 2.14. The Morgan fingerprint density at radius 3 is 2.72 bits per heavy atom. The van der Waals surface area contributed by atoms with E-state index in [1.807, 2.05) is 6.92 Å². The van der Waals surface area contributed by atoms with Crippen LogP contribution in [0.5, 0.6) is 17.2 Å². The van der Waals surface area contributed by atoms with Gasteiger partial charge in [-0.15, -0.1) is 0 Å². The van der Waals surface area contributed by atoms with Crippen molar-refractivity contribution in [2.24, 2.45) is 0 Å². The van der Waals surface area contributed by atoms with Crippen LogP contribution in [0.4, 0.5) is 4.39 Å². The molecule has 2 rings (SSSR count). The number of phenolic OH excluding ortho intramolecular Hbond substituents is 1. The molecular weight excluding hydrogens is 323 g/mol. The van der Waals surface area contributed by atoms with Crippen LogP contribution in [0, 0.1) is 5.82 Å². The lowest BCUT2D eigenvalue weighted by Gasteiger charge is -2.11. The first-order chi connectivity index (χ1) is 12.1. The van der Waals surface area contributed by atoms with E-state index in [0.29, 0.717) is 24.2 Å². The van der Waals surface area contributed by atoms with E-state index >= 15 is 0 Å². The van der Waals surface area contributed by atoms with Crippen LogP contribution >= 0.6 is 0 Å². The quantitative estimate of drug-likeness (QED) is 0.332. The van der Waals surface area contributed by atoms with E-state index in [2.05, 4.69) is 0 Å². The molecule has 0 atom stereocenters. The Bertz CT molecular complexity index is 768. The number of methoxy groups -OCH3 is 1. The van der Waals surface area contributed by atoms with E-state index in [9.17, 15) is 14.3 Å². The molecule has 0 saturated heterocycles. The lowest BCUT2D eigenvalue weighted by atomic mass is 10.0. The molecule has 0 fully saturated rings. The van der Waals surface area contributed by atoms with Crippen molar-refractivity contribution in [2.45, 2.75) is 19.8 Å². The second-order valence-electron chi connectivity index (χ2n) is 5.46. The molecule has 5 heteroatoms. The fourth-order valence-electron chi connectivity index (χ4n) is 2.33. The molecule has 0 saturated carbocycles. The molecule has 2 aromatic carbocycles. The minimum Gasteiger partial charge on any atom is -0.508 e. The van der Waals surface area contributed by atoms with Crippen LogP contribution < -0.4 is 9.47 Å². The van der Waals surface area contributed by atoms with Crippen LogP contribution in [0.15, 0.2) is 36.4 Å². The maximum atomic E-state index is 14.7. The summed E-state index contributed by atoms with van der Waals surface area (Å²) in [5, 5.41) is 9.51. The highest BCUT2D eigenvalue weighted by molar-refractivity contribution is 6.13. The predicted octanol–water partition coefficient (Wildman–Crippen LogP) is 4.46. The molecule has 0 aliphatic rings. The third-order valence-corrected chi connectivity index (χ3v) is 3.68. The van der Waals surface area contributed by atoms with Gasteiger partial charge in [0.1, 0.15) is 11.5 Å². The van der Waals surface area contributed by atoms with Crippen molar-refractivity contribution in [1.29, 1.82) is 0 Å². The standard InChI is InChI=1S/C20H21FO4/c1-3-4-10-25-18-7-5-6-17(20(18)21)15(13-22)11-14-8-9-16(23)12-19(14)24-2/h5-9,11-13,23H,3-4,10H2,1-2H3/b15-11+. The van der Waals surface area contributed by atoms with Gasteiger partial charge < -0.3 is 14.6 Å². The number of allylic oxidation sites excluding steroid dienone is 1. The second-order valence-corrected chi connectivity index (χ2v) is 5.46. The van der Waals surface area contributed by atoms with Gasteiger partial charge in [0.25, 0.3) is 0 Å². The average molecular weight is 344 g/mol. The molecule has 0 heterocycles. The number of hydrogen-bond donors (Lipinski definition) is 1. The first-order valence-electron chi connectivity index (χ1n) is 8.06. The zero-order valence-corrected chi connectivity index (χ0v) is 14.3. The van der Waals surface area contributed by atoms with Crippen molar-refractivity contribution in [2.75, 3.05) is 13.7 Å². The summed E-state index contributed by atoms with van der Waals surface area (Å²) in [4.78, 5) is 11.5. The molecule has 0 spiro atoms. The van der Waals surface area contributed by atoms with E-state index in [1.165, 1.54) is 37.5 Å². The Morgan fingerprint density at radius 1 is 1.24 bits per heavy atom. The molecule has 2 aromatic rings. The van der Waals surface area contributed by atoms with E-state index in [4.69, 9.17) is 9.47 Å². The number of unbranched alkanes of at least 4 members (excludes halogenated alkanes) is 1. The van der Waals surface area contributed by atoms with Gasteiger partial charge in [-0.1, -0.05) is 25.5 Å². The molecule has 1 N–H and O–H groups in total. The topological polar surface area (TPSA) is 55.8 Å². The number of ether oxygens (including phenoxy) is 2. The fourth-order valence-corrected chi connectivity index (χ4v) is 2.33. The van der Waals surface area contributed by atoms with E-state index in [-0.39, 0.29) is 22.6 Å². The molecule has 0 radical (unpaired) electrons. The molecule has 0 aliphatic carbocycles. The molecule has 4 nitrogen and oxygen atoms in total. The Kier molecular flexibility index (Phi) is 6.57. The van der Waals surface area contributed by atoms with Crippen molar-refractivity contribution < 1.29 is 23.8 Å². The number of aldehydes is 1. The van der Waals surface area contributed by atoms with Crippen LogP contribution in [0.2, 0.25) is 0 Å². The first-order valence-corrected chi connectivity index (χ1v) is 8.06. The number of aromatic hydroxyl groups is 1. The third kappa shape index (κ3) is 4.59. The SMILES string of the molecule is CCCCOc1cccc(/C(C=O)=C/c2ccc(O)cc2OC)c1F. The lowest BCUT2D eigenvalue weighted by molar-refractivity contribution is -0.103. The predicted molar refractivity (Wildman–Crippen MR) is 95.4 cm³/mol. The summed E-state index contributed by atoms with van der Waals surface area (Å²) in [6.07, 6.45) is 3.87. The second kappa shape index (κ2) is 8.87. The maximum Gasteiger partial charge on any atom is 0.172 e. The lowest BCUT2D eigenvalue weighted by Crippen LogP contribution is -2.01. The maximum absolute atomic E-state index is 14.7. The van der Waals surface area contributed by atoms with Gasteiger partial charge in [-0.25, -0.2) is 4.39 Å². The van der Waals surface area contributed by atoms with Gasteiger partial charge in [0.2, 0.25) is 0 Å². The molecule has 0 amide bonds. The number of hydrogen-bond acceptors (Lipinski definition) is 4. The van der Waals surface area contributed by atoms with Gasteiger partial charge in [-0.3, -0.25) is 4.79 Å². The molecule has 0 aromatic heterocycles. The number of benzene rings is 2. The highest BCUT2D eigenvalue weighted by Crippen LogP contribution is 2.30. The minimum absolute atomic E-state index is 0.0409. The fraction of sp³-hybridized carbons (Fsp3) is 0.250. The smallest absolute Gasteiger partial charge is 0.172 e. The van der Waals surface area contributed by atoms with Gasteiger partial charge in [-0.2, -0.15) is 0 Å². The summed E-state index contributed by atoms with van der Waals surface area (Å²) < 4.78 is 25.3. The molecule has 0 bridgehead atoms. The summed E-state index contributed by atoms with van der Waals surface area (Å²) in [5.41, 5.74) is 0.862. The average Bonchev–Trinajstić information content (AvgIpc) is 2.62. The van der Waals surface area contributed by atoms with Gasteiger partial charge in [0, 0.05) is 22.8 Å². The zero-order chi connectivity index (χ0) is 18.2. The summed E-state index contributed by atoms with van der Waals surface area (Å²) in [7, 11) is 1.45. The number of carbonyl (C=O) groups is 1. The van der Waals surface area contributed by atoms with E-state index in [0.717, 1.165) is 12.8 Å². The van der Waals surface area contributed by atoms with Crippen molar-refractivity contribution in [3.05, 3.63) is 53.3 Å². The summed E-state index contributed by atoms with van der Waals surface area (Å²) in [6.45, 7) is 2.44.